The number of thiophene rings is 1. The number of nitriles is 1. The van der Waals surface area contributed by atoms with E-state index in [1.807, 2.05) is 30.5 Å². The van der Waals surface area contributed by atoms with E-state index in [1.165, 1.54) is 0 Å². The van der Waals surface area contributed by atoms with E-state index in [-0.39, 0.29) is 11.1 Å². The first-order chi connectivity index (χ1) is 11.1. The molecule has 3 rings (SSSR count). The van der Waals surface area contributed by atoms with Gasteiger partial charge in [-0.25, -0.2) is 0 Å². The molecule has 0 saturated carbocycles. The van der Waals surface area contributed by atoms with Gasteiger partial charge in [0.1, 0.15) is 11.6 Å². The fraction of sp³-hybridized carbons (Fsp3) is 0.250. The topological polar surface area (TPSA) is 95.6 Å². The van der Waals surface area contributed by atoms with Gasteiger partial charge >= 0.3 is 0 Å². The van der Waals surface area contributed by atoms with Crippen molar-refractivity contribution in [3.8, 4) is 16.8 Å². The van der Waals surface area contributed by atoms with Gasteiger partial charge in [-0.1, -0.05) is 11.2 Å². The molecule has 0 unspecified atom stereocenters. The molecule has 116 valence electrons. The van der Waals surface area contributed by atoms with Gasteiger partial charge in [0.15, 0.2) is 0 Å². The zero-order chi connectivity index (χ0) is 16.4. The molecule has 7 heteroatoms. The van der Waals surface area contributed by atoms with Gasteiger partial charge < -0.3 is 9.51 Å². The van der Waals surface area contributed by atoms with Gasteiger partial charge in [0.2, 0.25) is 11.7 Å². The summed E-state index contributed by atoms with van der Waals surface area (Å²) in [5.74, 6) is 1.12. The average Bonchev–Trinajstić information content (AvgIpc) is 3.18. The summed E-state index contributed by atoms with van der Waals surface area (Å²) in [5, 5.41) is 15.0. The summed E-state index contributed by atoms with van der Waals surface area (Å²) in [7, 11) is 0. The molecule has 0 aliphatic rings. The number of rotatable bonds is 4. The summed E-state index contributed by atoms with van der Waals surface area (Å²) in [6, 6.07) is 5.83. The highest BCUT2D eigenvalue weighted by Gasteiger charge is 2.14. The Bertz CT molecular complexity index is 932. The van der Waals surface area contributed by atoms with Crippen molar-refractivity contribution in [3.05, 3.63) is 56.1 Å². The molecule has 0 atom stereocenters. The Balaban J connectivity index is 1.82. The third kappa shape index (κ3) is 2.94. The third-order valence-corrected chi connectivity index (χ3v) is 4.58. The number of nitrogens with one attached hydrogen (secondary N) is 1. The van der Waals surface area contributed by atoms with Crippen LogP contribution in [-0.2, 0) is 12.8 Å². The van der Waals surface area contributed by atoms with Gasteiger partial charge in [0.25, 0.3) is 5.56 Å². The van der Waals surface area contributed by atoms with Crippen LogP contribution in [0.25, 0.3) is 10.7 Å². The van der Waals surface area contributed by atoms with Crippen molar-refractivity contribution in [2.45, 2.75) is 26.7 Å². The predicted octanol–water partition coefficient (Wildman–Crippen LogP) is 2.76. The Morgan fingerprint density at radius 2 is 2.22 bits per heavy atom. The molecular formula is C16H14N4O2S. The van der Waals surface area contributed by atoms with Gasteiger partial charge in [0.05, 0.1) is 4.88 Å². The minimum Gasteiger partial charge on any atom is -0.339 e. The van der Waals surface area contributed by atoms with E-state index in [9.17, 15) is 4.79 Å². The number of nitrogens with zero attached hydrogens (tertiary/aromatic N) is 3. The smallest absolute Gasteiger partial charge is 0.266 e. The number of pyridine rings is 1. The van der Waals surface area contributed by atoms with Crippen molar-refractivity contribution in [3.63, 3.8) is 0 Å². The lowest BCUT2D eigenvalue weighted by Crippen LogP contribution is -2.16. The molecule has 0 radical (unpaired) electrons. The first kappa shape index (κ1) is 15.2. The first-order valence-corrected chi connectivity index (χ1v) is 7.97. The lowest BCUT2D eigenvalue weighted by molar-refractivity contribution is 0.379. The number of aromatic amines is 1. The molecule has 1 N–H and O–H groups in total. The van der Waals surface area contributed by atoms with Crippen molar-refractivity contribution in [1.29, 1.82) is 5.26 Å². The number of hydrogen-bond acceptors (Lipinski definition) is 6. The lowest BCUT2D eigenvalue weighted by atomic mass is 9.99. The van der Waals surface area contributed by atoms with Crippen molar-refractivity contribution >= 4 is 11.3 Å². The summed E-state index contributed by atoms with van der Waals surface area (Å²) < 4.78 is 5.28. The van der Waals surface area contributed by atoms with Crippen LogP contribution in [0, 0.1) is 25.2 Å². The van der Waals surface area contributed by atoms with E-state index in [0.717, 1.165) is 16.1 Å². The highest BCUT2D eigenvalue weighted by Crippen LogP contribution is 2.22. The fourth-order valence-electron chi connectivity index (χ4n) is 2.51. The Morgan fingerprint density at radius 1 is 1.39 bits per heavy atom. The normalized spacial score (nSPS) is 10.7. The van der Waals surface area contributed by atoms with Crippen molar-refractivity contribution in [2.24, 2.45) is 0 Å². The zero-order valence-corrected chi connectivity index (χ0v) is 13.5. The second kappa shape index (κ2) is 6.18. The molecule has 3 aromatic heterocycles. The quantitative estimate of drug-likeness (QED) is 0.795. The third-order valence-electron chi connectivity index (χ3n) is 3.72. The molecule has 0 saturated heterocycles. The molecule has 0 fully saturated rings. The molecule has 0 spiro atoms. The monoisotopic (exact) mass is 326 g/mol. The number of aromatic nitrogens is 3. The summed E-state index contributed by atoms with van der Waals surface area (Å²) in [4.78, 5) is 19.8. The van der Waals surface area contributed by atoms with Gasteiger partial charge in [-0.05, 0) is 42.8 Å². The van der Waals surface area contributed by atoms with Crippen LogP contribution < -0.4 is 5.56 Å². The van der Waals surface area contributed by atoms with Gasteiger partial charge in [0, 0.05) is 12.1 Å². The SMILES string of the molecule is Cc1[nH]c(=O)c(C#N)c(C)c1CCc1nc(-c2cccs2)no1. The van der Waals surface area contributed by atoms with Crippen LogP contribution in [0.3, 0.4) is 0 Å². The van der Waals surface area contributed by atoms with Gasteiger partial charge in [-0.3, -0.25) is 4.79 Å². The Kier molecular flexibility index (Phi) is 4.08. The maximum atomic E-state index is 11.7. The highest BCUT2D eigenvalue weighted by atomic mass is 32.1. The molecule has 6 nitrogen and oxygen atoms in total. The van der Waals surface area contributed by atoms with E-state index in [4.69, 9.17) is 9.78 Å². The average molecular weight is 326 g/mol. The van der Waals surface area contributed by atoms with E-state index < -0.39 is 0 Å². The summed E-state index contributed by atoms with van der Waals surface area (Å²) >= 11 is 1.55. The molecule has 0 bridgehead atoms. The van der Waals surface area contributed by atoms with Crippen molar-refractivity contribution in [2.75, 3.05) is 0 Å². The number of hydrogen-bond donors (Lipinski definition) is 1. The largest absolute Gasteiger partial charge is 0.339 e. The predicted molar refractivity (Wildman–Crippen MR) is 86.3 cm³/mol. The van der Waals surface area contributed by atoms with Crippen LogP contribution in [-0.4, -0.2) is 15.1 Å². The summed E-state index contributed by atoms with van der Waals surface area (Å²) in [6.45, 7) is 3.62. The minimum absolute atomic E-state index is 0.162. The van der Waals surface area contributed by atoms with E-state index in [2.05, 4.69) is 15.1 Å². The van der Waals surface area contributed by atoms with E-state index >= 15 is 0 Å². The summed E-state index contributed by atoms with van der Waals surface area (Å²) in [6.07, 6.45) is 1.17. The minimum atomic E-state index is -0.343. The maximum absolute atomic E-state index is 11.7. The molecule has 0 aliphatic heterocycles. The maximum Gasteiger partial charge on any atom is 0.266 e. The van der Waals surface area contributed by atoms with Crippen LogP contribution in [0.5, 0.6) is 0 Å². The van der Waals surface area contributed by atoms with Crippen LogP contribution in [0.2, 0.25) is 0 Å². The van der Waals surface area contributed by atoms with Crippen molar-refractivity contribution < 1.29 is 4.52 Å². The number of aryl methyl sites for hydroxylation is 2. The molecule has 0 aliphatic carbocycles. The van der Waals surface area contributed by atoms with Gasteiger partial charge in [-0.15, -0.1) is 11.3 Å². The Hall–Kier alpha value is -2.72. The van der Waals surface area contributed by atoms with Crippen LogP contribution >= 0.6 is 11.3 Å². The fourth-order valence-corrected chi connectivity index (χ4v) is 3.16. The van der Waals surface area contributed by atoms with Gasteiger partial charge in [-0.2, -0.15) is 10.2 Å². The van der Waals surface area contributed by atoms with E-state index in [0.29, 0.717) is 30.1 Å². The molecule has 23 heavy (non-hydrogen) atoms. The highest BCUT2D eigenvalue weighted by molar-refractivity contribution is 7.13. The number of H-pyrrole nitrogens is 1. The molecular weight excluding hydrogens is 312 g/mol. The van der Waals surface area contributed by atoms with Crippen LogP contribution in [0.4, 0.5) is 0 Å². The zero-order valence-electron chi connectivity index (χ0n) is 12.7. The van der Waals surface area contributed by atoms with Crippen LogP contribution in [0.15, 0.2) is 26.8 Å². The van der Waals surface area contributed by atoms with E-state index in [1.54, 1.807) is 18.3 Å². The standard InChI is InChI=1S/C16H14N4O2S/c1-9-11(10(2)18-16(21)12(9)8-17)5-6-14-19-15(20-22-14)13-4-3-7-23-13/h3-4,7H,5-6H2,1-2H3,(H,18,21). The second-order valence-corrected chi connectivity index (χ2v) is 6.11. The molecule has 0 amide bonds. The van der Waals surface area contributed by atoms with Crippen molar-refractivity contribution in [1.82, 2.24) is 15.1 Å². The lowest BCUT2D eigenvalue weighted by Gasteiger charge is -2.09. The molecule has 3 heterocycles. The second-order valence-electron chi connectivity index (χ2n) is 5.16. The Morgan fingerprint density at radius 3 is 2.91 bits per heavy atom. The summed E-state index contributed by atoms with van der Waals surface area (Å²) in [5.41, 5.74) is 2.24. The molecule has 0 aromatic carbocycles. The Labute approximate surface area is 136 Å². The first-order valence-electron chi connectivity index (χ1n) is 7.09. The van der Waals surface area contributed by atoms with Crippen LogP contribution in [0.1, 0.15) is 28.3 Å². The molecule has 3 aromatic rings.